The Balaban J connectivity index is 1.51. The Bertz CT molecular complexity index is 553. The molecule has 1 aromatic rings. The maximum Gasteiger partial charge on any atom is 0.462 e. The zero-order valence-electron chi connectivity index (χ0n) is 13.6. The molecule has 2 unspecified atom stereocenters. The lowest BCUT2D eigenvalue weighted by molar-refractivity contribution is -0.199. The van der Waals surface area contributed by atoms with Crippen molar-refractivity contribution in [1.29, 1.82) is 0 Å². The number of rotatable bonds is 2. The lowest BCUT2D eigenvalue weighted by atomic mass is 9.43. The van der Waals surface area contributed by atoms with Crippen LogP contribution in [0.1, 0.15) is 44.7 Å². The van der Waals surface area contributed by atoms with E-state index in [4.69, 9.17) is 9.31 Å². The third-order valence-electron chi connectivity index (χ3n) is 6.52. The third kappa shape index (κ3) is 1.93. The highest BCUT2D eigenvalue weighted by atomic mass is 16.7. The van der Waals surface area contributed by atoms with Gasteiger partial charge in [0.15, 0.2) is 0 Å². The van der Waals surface area contributed by atoms with Gasteiger partial charge in [-0.15, -0.1) is 0 Å². The molecule has 2 nitrogen and oxygen atoms in total. The normalized spacial score (nSPS) is 39.8. The standard InChI is InChI=1S/C18H25BO2/c1-12-5-7-13(8-6-12)11-19-20-16-10-14-9-15(17(14,2)3)18(16,4)21-19/h5-8,14-16H,9-11H2,1-4H3/t14?,15?,16-,18+/m1/s1. The Morgan fingerprint density at radius 1 is 1.14 bits per heavy atom. The lowest BCUT2D eigenvalue weighted by Gasteiger charge is -2.64. The summed E-state index contributed by atoms with van der Waals surface area (Å²) >= 11 is 0. The van der Waals surface area contributed by atoms with E-state index in [1.54, 1.807) is 0 Å². The van der Waals surface area contributed by atoms with Crippen LogP contribution in [0.2, 0.25) is 0 Å². The zero-order valence-corrected chi connectivity index (χ0v) is 13.6. The Hall–Kier alpha value is -0.795. The lowest BCUT2D eigenvalue weighted by Crippen LogP contribution is -2.65. The Morgan fingerprint density at radius 3 is 2.52 bits per heavy atom. The van der Waals surface area contributed by atoms with Gasteiger partial charge in [-0.05, 0) is 49.5 Å². The molecule has 4 aliphatic rings. The molecule has 3 saturated carbocycles. The van der Waals surface area contributed by atoms with Crippen molar-refractivity contribution in [2.75, 3.05) is 0 Å². The van der Waals surface area contributed by atoms with Gasteiger partial charge in [0.1, 0.15) is 0 Å². The fraction of sp³-hybridized carbons (Fsp3) is 0.667. The summed E-state index contributed by atoms with van der Waals surface area (Å²) in [6, 6.07) is 8.71. The molecule has 0 radical (unpaired) electrons. The molecular weight excluding hydrogens is 259 g/mol. The van der Waals surface area contributed by atoms with Gasteiger partial charge >= 0.3 is 7.12 Å². The van der Waals surface area contributed by atoms with Gasteiger partial charge in [0.25, 0.3) is 0 Å². The molecule has 21 heavy (non-hydrogen) atoms. The van der Waals surface area contributed by atoms with Crippen LogP contribution in [0.3, 0.4) is 0 Å². The van der Waals surface area contributed by atoms with Gasteiger partial charge in [0, 0.05) is 6.32 Å². The molecule has 0 amide bonds. The Kier molecular flexibility index (Phi) is 2.87. The van der Waals surface area contributed by atoms with E-state index in [0.717, 1.165) is 12.2 Å². The number of aryl methyl sites for hydroxylation is 1. The maximum absolute atomic E-state index is 6.45. The quantitative estimate of drug-likeness (QED) is 0.769. The molecule has 0 aromatic heterocycles. The average Bonchev–Trinajstić information content (AvgIpc) is 2.76. The molecule has 1 heterocycles. The first-order valence-electron chi connectivity index (χ1n) is 8.28. The van der Waals surface area contributed by atoms with E-state index in [9.17, 15) is 0 Å². The zero-order chi connectivity index (χ0) is 14.8. The van der Waals surface area contributed by atoms with E-state index in [2.05, 4.69) is 52.0 Å². The SMILES string of the molecule is Cc1ccc(CB2O[C@@H]3CC4CC(C4(C)C)[C@]3(C)O2)cc1. The smallest absolute Gasteiger partial charge is 0.405 e. The van der Waals surface area contributed by atoms with E-state index in [1.807, 2.05) is 0 Å². The predicted molar refractivity (Wildman–Crippen MR) is 85.0 cm³/mol. The number of benzene rings is 1. The molecule has 5 rings (SSSR count). The molecule has 0 N–H and O–H groups in total. The molecule has 2 bridgehead atoms. The van der Waals surface area contributed by atoms with Crippen molar-refractivity contribution in [2.45, 2.75) is 58.6 Å². The second-order valence-electron chi connectivity index (χ2n) is 8.09. The van der Waals surface area contributed by atoms with E-state index in [-0.39, 0.29) is 12.7 Å². The van der Waals surface area contributed by atoms with Crippen LogP contribution in [0.15, 0.2) is 24.3 Å². The van der Waals surface area contributed by atoms with Crippen LogP contribution in [0, 0.1) is 24.2 Å². The summed E-state index contributed by atoms with van der Waals surface area (Å²) in [7, 11) is -0.0714. The minimum atomic E-state index is -0.0758. The molecule has 3 aliphatic carbocycles. The minimum absolute atomic E-state index is 0.0714. The summed E-state index contributed by atoms with van der Waals surface area (Å²) in [6.45, 7) is 9.22. The second kappa shape index (κ2) is 4.36. The van der Waals surface area contributed by atoms with Gasteiger partial charge in [-0.2, -0.15) is 0 Å². The van der Waals surface area contributed by atoms with E-state index >= 15 is 0 Å². The van der Waals surface area contributed by atoms with E-state index < -0.39 is 0 Å². The summed E-state index contributed by atoms with van der Waals surface area (Å²) in [4.78, 5) is 0. The van der Waals surface area contributed by atoms with Crippen molar-refractivity contribution >= 4 is 7.12 Å². The molecule has 4 atom stereocenters. The minimum Gasteiger partial charge on any atom is -0.405 e. The highest BCUT2D eigenvalue weighted by molar-refractivity contribution is 6.44. The molecule has 3 heteroatoms. The fourth-order valence-corrected chi connectivity index (χ4v) is 4.95. The maximum atomic E-state index is 6.45. The van der Waals surface area contributed by atoms with Gasteiger partial charge < -0.3 is 9.31 Å². The van der Waals surface area contributed by atoms with Crippen LogP contribution in [-0.2, 0) is 15.6 Å². The van der Waals surface area contributed by atoms with Gasteiger partial charge in [0.2, 0.25) is 0 Å². The van der Waals surface area contributed by atoms with Gasteiger partial charge in [0.05, 0.1) is 11.7 Å². The van der Waals surface area contributed by atoms with Crippen molar-refractivity contribution in [3.63, 3.8) is 0 Å². The van der Waals surface area contributed by atoms with Crippen molar-refractivity contribution in [3.8, 4) is 0 Å². The summed E-state index contributed by atoms with van der Waals surface area (Å²) in [6.07, 6.45) is 3.65. The monoisotopic (exact) mass is 284 g/mol. The first-order chi connectivity index (χ1) is 9.89. The van der Waals surface area contributed by atoms with Crippen molar-refractivity contribution in [3.05, 3.63) is 35.4 Å². The van der Waals surface area contributed by atoms with Gasteiger partial charge in [-0.25, -0.2) is 0 Å². The van der Waals surface area contributed by atoms with Crippen LogP contribution in [-0.4, -0.2) is 18.8 Å². The number of hydrogen-bond acceptors (Lipinski definition) is 2. The molecule has 1 aromatic carbocycles. The van der Waals surface area contributed by atoms with Crippen LogP contribution < -0.4 is 0 Å². The van der Waals surface area contributed by atoms with Crippen LogP contribution in [0.4, 0.5) is 0 Å². The average molecular weight is 284 g/mol. The van der Waals surface area contributed by atoms with Crippen molar-refractivity contribution < 1.29 is 9.31 Å². The molecule has 1 aliphatic heterocycles. The molecular formula is C18H25BO2. The van der Waals surface area contributed by atoms with Crippen molar-refractivity contribution in [1.82, 2.24) is 0 Å². The predicted octanol–water partition coefficient (Wildman–Crippen LogP) is 3.81. The molecule has 1 saturated heterocycles. The summed E-state index contributed by atoms with van der Waals surface area (Å²) < 4.78 is 12.7. The van der Waals surface area contributed by atoms with Crippen LogP contribution in [0.25, 0.3) is 0 Å². The summed E-state index contributed by atoms with van der Waals surface area (Å²) in [5, 5.41) is 0. The third-order valence-corrected chi connectivity index (χ3v) is 6.52. The highest BCUT2D eigenvalue weighted by Crippen LogP contribution is 2.65. The largest absolute Gasteiger partial charge is 0.462 e. The van der Waals surface area contributed by atoms with Gasteiger partial charge in [-0.3, -0.25) is 0 Å². The first-order valence-corrected chi connectivity index (χ1v) is 8.28. The van der Waals surface area contributed by atoms with Crippen molar-refractivity contribution in [2.24, 2.45) is 17.3 Å². The van der Waals surface area contributed by atoms with E-state index in [0.29, 0.717) is 17.4 Å². The first kappa shape index (κ1) is 13.8. The van der Waals surface area contributed by atoms with E-state index in [1.165, 1.54) is 24.0 Å². The Morgan fingerprint density at radius 2 is 1.86 bits per heavy atom. The Labute approximate surface area is 128 Å². The summed E-state index contributed by atoms with van der Waals surface area (Å²) in [5.41, 5.74) is 2.95. The summed E-state index contributed by atoms with van der Waals surface area (Å²) in [5.74, 6) is 1.47. The fourth-order valence-electron chi connectivity index (χ4n) is 4.95. The molecule has 0 spiro atoms. The van der Waals surface area contributed by atoms with Gasteiger partial charge in [-0.1, -0.05) is 43.7 Å². The molecule has 112 valence electrons. The highest BCUT2D eigenvalue weighted by Gasteiger charge is 2.67. The topological polar surface area (TPSA) is 18.5 Å². The second-order valence-corrected chi connectivity index (χ2v) is 8.09. The molecule has 4 fully saturated rings. The van der Waals surface area contributed by atoms with Crippen LogP contribution in [0.5, 0.6) is 0 Å². The number of hydrogen-bond donors (Lipinski definition) is 0. The van der Waals surface area contributed by atoms with Crippen LogP contribution >= 0.6 is 0 Å².